The first kappa shape index (κ1) is 15.3. The van der Waals surface area contributed by atoms with Gasteiger partial charge in [-0.15, -0.1) is 0 Å². The van der Waals surface area contributed by atoms with Crippen LogP contribution >= 0.6 is 0 Å². The van der Waals surface area contributed by atoms with Crippen molar-refractivity contribution < 1.29 is 13.5 Å². The van der Waals surface area contributed by atoms with Crippen LogP contribution in [0, 0.1) is 6.92 Å². The Hall–Kier alpha value is -2.60. The molecule has 0 fully saturated rings. The van der Waals surface area contributed by atoms with Crippen LogP contribution in [-0.2, 0) is 0 Å². The van der Waals surface area contributed by atoms with E-state index in [1.54, 1.807) is 12.1 Å². The average molecular weight is 315 g/mol. The molecule has 0 bridgehead atoms. The maximum atomic E-state index is 12.2. The number of aryl methyl sites for hydroxylation is 1. The van der Waals surface area contributed by atoms with Gasteiger partial charge in [-0.3, -0.25) is 0 Å². The molecule has 2 N–H and O–H groups in total. The van der Waals surface area contributed by atoms with Gasteiger partial charge in [-0.05, 0) is 30.7 Å². The quantitative estimate of drug-likeness (QED) is 0.799. The molecule has 0 spiro atoms. The third-order valence-corrected chi connectivity index (χ3v) is 3.50. The molecule has 1 atom stereocenters. The molecular formula is C17H15F2N3O. The van der Waals surface area contributed by atoms with E-state index in [2.05, 4.69) is 14.7 Å². The summed E-state index contributed by atoms with van der Waals surface area (Å²) in [7, 11) is 0. The first-order valence-corrected chi connectivity index (χ1v) is 7.08. The number of nitrogens with zero attached hydrogens (tertiary/aromatic N) is 2. The highest BCUT2D eigenvalue weighted by molar-refractivity contribution is 5.81. The number of hydrogen-bond acceptors (Lipinski definition) is 4. The van der Waals surface area contributed by atoms with Crippen molar-refractivity contribution in [2.45, 2.75) is 19.6 Å². The topological polar surface area (TPSA) is 61.0 Å². The lowest BCUT2D eigenvalue weighted by Crippen LogP contribution is -2.15. The standard InChI is InChI=1S/C17H15F2N3O/c1-10-21-14-5-3-2-4-13(14)16(22-10)15(20)11-6-8-12(9-7-11)23-17(18)19/h2-9,15,17H,20H2,1H3. The highest BCUT2D eigenvalue weighted by Gasteiger charge is 2.16. The molecule has 118 valence electrons. The van der Waals surface area contributed by atoms with Crippen molar-refractivity contribution in [1.29, 1.82) is 0 Å². The second kappa shape index (κ2) is 6.26. The van der Waals surface area contributed by atoms with Gasteiger partial charge in [0.05, 0.1) is 17.3 Å². The number of fused-ring (bicyclic) bond motifs is 1. The number of rotatable bonds is 4. The Kier molecular flexibility index (Phi) is 4.16. The fourth-order valence-corrected chi connectivity index (χ4v) is 2.47. The summed E-state index contributed by atoms with van der Waals surface area (Å²) in [5.74, 6) is 0.728. The van der Waals surface area contributed by atoms with Crippen molar-refractivity contribution in [1.82, 2.24) is 9.97 Å². The van der Waals surface area contributed by atoms with Gasteiger partial charge >= 0.3 is 6.61 Å². The van der Waals surface area contributed by atoms with Gasteiger partial charge in [0, 0.05) is 5.39 Å². The van der Waals surface area contributed by atoms with Crippen molar-refractivity contribution in [2.75, 3.05) is 0 Å². The third kappa shape index (κ3) is 3.27. The van der Waals surface area contributed by atoms with Gasteiger partial charge in [0.25, 0.3) is 0 Å². The summed E-state index contributed by atoms with van der Waals surface area (Å²) in [6.45, 7) is -1.04. The summed E-state index contributed by atoms with van der Waals surface area (Å²) in [4.78, 5) is 8.85. The van der Waals surface area contributed by atoms with Crippen molar-refractivity contribution >= 4 is 10.9 Å². The molecule has 2 aromatic carbocycles. The molecule has 4 nitrogen and oxygen atoms in total. The molecule has 0 aliphatic rings. The van der Waals surface area contributed by atoms with Crippen molar-refractivity contribution in [3.8, 4) is 5.75 Å². The van der Waals surface area contributed by atoms with Crippen LogP contribution < -0.4 is 10.5 Å². The monoisotopic (exact) mass is 315 g/mol. The van der Waals surface area contributed by atoms with Crippen LogP contribution in [0.2, 0.25) is 0 Å². The number of ether oxygens (including phenoxy) is 1. The van der Waals surface area contributed by atoms with E-state index in [0.717, 1.165) is 16.5 Å². The maximum Gasteiger partial charge on any atom is 0.387 e. The minimum Gasteiger partial charge on any atom is -0.435 e. The molecule has 1 aromatic heterocycles. The molecule has 0 radical (unpaired) electrons. The van der Waals surface area contributed by atoms with E-state index in [4.69, 9.17) is 5.73 Å². The highest BCUT2D eigenvalue weighted by Crippen LogP contribution is 2.26. The molecule has 0 amide bonds. The largest absolute Gasteiger partial charge is 0.435 e. The van der Waals surface area contributed by atoms with E-state index in [0.29, 0.717) is 11.5 Å². The number of halogens is 2. The van der Waals surface area contributed by atoms with Gasteiger partial charge < -0.3 is 10.5 Å². The Balaban J connectivity index is 1.98. The Morgan fingerprint density at radius 3 is 2.39 bits per heavy atom. The predicted molar refractivity (Wildman–Crippen MR) is 83.4 cm³/mol. The predicted octanol–water partition coefficient (Wildman–Crippen LogP) is 3.59. The van der Waals surface area contributed by atoms with E-state index >= 15 is 0 Å². The van der Waals surface area contributed by atoms with Crippen molar-refractivity contribution in [3.05, 3.63) is 65.6 Å². The zero-order chi connectivity index (χ0) is 16.4. The summed E-state index contributed by atoms with van der Waals surface area (Å²) in [5, 5.41) is 0.874. The van der Waals surface area contributed by atoms with Crippen molar-refractivity contribution in [2.24, 2.45) is 5.73 Å². The SMILES string of the molecule is Cc1nc(C(N)c2ccc(OC(F)F)cc2)c2ccccc2n1. The van der Waals surface area contributed by atoms with E-state index < -0.39 is 12.7 Å². The lowest BCUT2D eigenvalue weighted by atomic mass is 10.0. The van der Waals surface area contributed by atoms with Crippen LogP contribution in [-0.4, -0.2) is 16.6 Å². The van der Waals surface area contributed by atoms with Crippen LogP contribution in [0.4, 0.5) is 8.78 Å². The second-order valence-corrected chi connectivity index (χ2v) is 5.10. The first-order chi connectivity index (χ1) is 11.0. The van der Waals surface area contributed by atoms with Crippen molar-refractivity contribution in [3.63, 3.8) is 0 Å². The van der Waals surface area contributed by atoms with Gasteiger partial charge in [-0.25, -0.2) is 9.97 Å². The molecule has 23 heavy (non-hydrogen) atoms. The Morgan fingerprint density at radius 1 is 1.00 bits per heavy atom. The number of benzene rings is 2. The third-order valence-electron chi connectivity index (χ3n) is 3.50. The van der Waals surface area contributed by atoms with Crippen LogP contribution in [0.3, 0.4) is 0 Å². The number of nitrogens with two attached hydrogens (primary N) is 1. The van der Waals surface area contributed by atoms with Gasteiger partial charge in [0.1, 0.15) is 11.6 Å². The molecular weight excluding hydrogens is 300 g/mol. The summed E-state index contributed by atoms with van der Waals surface area (Å²) in [6, 6.07) is 13.4. The number of aromatic nitrogens is 2. The van der Waals surface area contributed by atoms with E-state index in [1.165, 1.54) is 12.1 Å². The van der Waals surface area contributed by atoms with E-state index in [9.17, 15) is 8.78 Å². The summed E-state index contributed by atoms with van der Waals surface area (Å²) < 4.78 is 28.7. The van der Waals surface area contributed by atoms with E-state index in [-0.39, 0.29) is 5.75 Å². The lowest BCUT2D eigenvalue weighted by Gasteiger charge is -2.15. The Morgan fingerprint density at radius 2 is 1.70 bits per heavy atom. The maximum absolute atomic E-state index is 12.2. The second-order valence-electron chi connectivity index (χ2n) is 5.10. The molecule has 0 saturated heterocycles. The van der Waals surface area contributed by atoms with Gasteiger partial charge in [0.15, 0.2) is 0 Å². The van der Waals surface area contributed by atoms with Gasteiger partial charge in [-0.1, -0.05) is 30.3 Å². The molecule has 1 heterocycles. The van der Waals surface area contributed by atoms with Gasteiger partial charge in [-0.2, -0.15) is 8.78 Å². The molecule has 0 aliphatic carbocycles. The highest BCUT2D eigenvalue weighted by atomic mass is 19.3. The van der Waals surface area contributed by atoms with Crippen LogP contribution in [0.25, 0.3) is 10.9 Å². The van der Waals surface area contributed by atoms with Gasteiger partial charge in [0.2, 0.25) is 0 Å². The fourth-order valence-electron chi connectivity index (χ4n) is 2.47. The molecule has 6 heteroatoms. The molecule has 1 unspecified atom stereocenters. The molecule has 3 rings (SSSR count). The minimum absolute atomic E-state index is 0.0969. The smallest absolute Gasteiger partial charge is 0.387 e. The number of hydrogen-bond donors (Lipinski definition) is 1. The summed E-state index contributed by atoms with van der Waals surface area (Å²) >= 11 is 0. The first-order valence-electron chi connectivity index (χ1n) is 7.08. The number of para-hydroxylation sites is 1. The van der Waals surface area contributed by atoms with Crippen LogP contribution in [0.5, 0.6) is 5.75 Å². The normalized spacial score (nSPS) is 12.6. The summed E-state index contributed by atoms with van der Waals surface area (Å²) in [5.41, 5.74) is 8.61. The summed E-state index contributed by atoms with van der Waals surface area (Å²) in [6.07, 6.45) is 0. The van der Waals surface area contributed by atoms with Crippen LogP contribution in [0.1, 0.15) is 23.1 Å². The zero-order valence-corrected chi connectivity index (χ0v) is 12.4. The molecule has 0 aliphatic heterocycles. The molecule has 3 aromatic rings. The Bertz CT molecular complexity index is 822. The zero-order valence-electron chi connectivity index (χ0n) is 12.4. The average Bonchev–Trinajstić information content (AvgIpc) is 2.53. The molecule has 0 saturated carbocycles. The van der Waals surface area contributed by atoms with Crippen LogP contribution in [0.15, 0.2) is 48.5 Å². The number of alkyl halides is 2. The Labute approximate surface area is 131 Å². The van der Waals surface area contributed by atoms with E-state index in [1.807, 2.05) is 31.2 Å². The minimum atomic E-state index is -2.84. The fraction of sp³-hybridized carbons (Fsp3) is 0.176. The lowest BCUT2D eigenvalue weighted by molar-refractivity contribution is -0.0498.